The van der Waals surface area contributed by atoms with Crippen molar-refractivity contribution in [2.75, 3.05) is 12.3 Å². The fourth-order valence-corrected chi connectivity index (χ4v) is 1.64. The van der Waals surface area contributed by atoms with E-state index in [4.69, 9.17) is 0 Å². The molecule has 1 aliphatic rings. The highest BCUT2D eigenvalue weighted by atomic mass is 32.1. The van der Waals surface area contributed by atoms with Crippen LogP contribution in [0.5, 0.6) is 0 Å². The van der Waals surface area contributed by atoms with Gasteiger partial charge >= 0.3 is 6.03 Å². The average molecular weight is 216 g/mol. The summed E-state index contributed by atoms with van der Waals surface area (Å²) in [7, 11) is 0. The lowest BCUT2D eigenvalue weighted by molar-refractivity contribution is -0.127. The standard InChI is InChI=1S/C9H16N2O2S/c1-2-4-7-8(12)11(5-3-6-14)9(13)10-7/h7,14H,2-6H2,1H3,(H,10,13). The van der Waals surface area contributed by atoms with E-state index in [-0.39, 0.29) is 18.0 Å². The van der Waals surface area contributed by atoms with Gasteiger partial charge in [-0.25, -0.2) is 4.79 Å². The smallest absolute Gasteiger partial charge is 0.324 e. The number of carbonyl (C=O) groups is 2. The zero-order valence-electron chi connectivity index (χ0n) is 8.32. The molecule has 5 heteroatoms. The van der Waals surface area contributed by atoms with E-state index in [1.165, 1.54) is 4.90 Å². The van der Waals surface area contributed by atoms with Crippen LogP contribution < -0.4 is 5.32 Å². The van der Waals surface area contributed by atoms with Crippen LogP contribution in [0.2, 0.25) is 0 Å². The number of hydrogen-bond acceptors (Lipinski definition) is 3. The van der Waals surface area contributed by atoms with E-state index in [9.17, 15) is 9.59 Å². The summed E-state index contributed by atoms with van der Waals surface area (Å²) in [5, 5.41) is 2.68. The second kappa shape index (κ2) is 5.24. The van der Waals surface area contributed by atoms with E-state index in [1.54, 1.807) is 0 Å². The third-order valence-electron chi connectivity index (χ3n) is 2.22. The fourth-order valence-electron chi connectivity index (χ4n) is 1.50. The van der Waals surface area contributed by atoms with Gasteiger partial charge in [-0.05, 0) is 18.6 Å². The number of thiol groups is 1. The van der Waals surface area contributed by atoms with Gasteiger partial charge in [-0.2, -0.15) is 12.6 Å². The third kappa shape index (κ3) is 2.41. The predicted molar refractivity (Wildman–Crippen MR) is 57.4 cm³/mol. The molecule has 3 amide bonds. The Labute approximate surface area is 89.4 Å². The first kappa shape index (κ1) is 11.4. The molecule has 0 aromatic carbocycles. The topological polar surface area (TPSA) is 49.4 Å². The van der Waals surface area contributed by atoms with E-state index in [0.717, 1.165) is 19.3 Å². The van der Waals surface area contributed by atoms with Gasteiger partial charge in [0, 0.05) is 6.54 Å². The molecule has 1 saturated heterocycles. The minimum atomic E-state index is -0.299. The number of imide groups is 1. The first-order valence-electron chi connectivity index (χ1n) is 4.93. The van der Waals surface area contributed by atoms with Crippen molar-refractivity contribution in [3.05, 3.63) is 0 Å². The Balaban J connectivity index is 2.52. The van der Waals surface area contributed by atoms with Gasteiger partial charge in [0.25, 0.3) is 5.91 Å². The monoisotopic (exact) mass is 216 g/mol. The summed E-state index contributed by atoms with van der Waals surface area (Å²) in [4.78, 5) is 24.3. The summed E-state index contributed by atoms with van der Waals surface area (Å²) in [6.07, 6.45) is 2.38. The number of urea groups is 1. The van der Waals surface area contributed by atoms with Gasteiger partial charge < -0.3 is 5.32 Å². The molecule has 0 aromatic heterocycles. The number of amides is 3. The minimum absolute atomic E-state index is 0.0846. The van der Waals surface area contributed by atoms with Crippen molar-refractivity contribution in [3.8, 4) is 0 Å². The fraction of sp³-hybridized carbons (Fsp3) is 0.778. The molecule has 1 atom stereocenters. The molecule has 0 aliphatic carbocycles. The molecule has 0 aromatic rings. The Hall–Kier alpha value is -0.710. The number of nitrogens with one attached hydrogen (secondary N) is 1. The number of carbonyl (C=O) groups excluding carboxylic acids is 2. The Morgan fingerprint density at radius 2 is 2.21 bits per heavy atom. The first-order chi connectivity index (χ1) is 6.70. The number of nitrogens with zero attached hydrogens (tertiary/aromatic N) is 1. The first-order valence-corrected chi connectivity index (χ1v) is 5.56. The maximum Gasteiger partial charge on any atom is 0.324 e. The van der Waals surface area contributed by atoms with E-state index in [2.05, 4.69) is 17.9 Å². The molecular formula is C9H16N2O2S. The van der Waals surface area contributed by atoms with Gasteiger partial charge in [0.2, 0.25) is 0 Å². The van der Waals surface area contributed by atoms with Crippen LogP contribution in [0.15, 0.2) is 0 Å². The van der Waals surface area contributed by atoms with E-state index in [0.29, 0.717) is 12.3 Å². The Kier molecular flexibility index (Phi) is 4.25. The van der Waals surface area contributed by atoms with Gasteiger partial charge in [0.05, 0.1) is 0 Å². The largest absolute Gasteiger partial charge is 0.326 e. The van der Waals surface area contributed by atoms with E-state index >= 15 is 0 Å². The lowest BCUT2D eigenvalue weighted by Crippen LogP contribution is -2.32. The van der Waals surface area contributed by atoms with Gasteiger partial charge in [-0.3, -0.25) is 9.69 Å². The summed E-state index contributed by atoms with van der Waals surface area (Å²) in [5.74, 6) is 0.605. The summed E-state index contributed by atoms with van der Waals surface area (Å²) >= 11 is 4.05. The maximum absolute atomic E-state index is 11.6. The van der Waals surface area contributed by atoms with Crippen LogP contribution >= 0.6 is 12.6 Å². The van der Waals surface area contributed by atoms with Crippen molar-refractivity contribution in [2.45, 2.75) is 32.2 Å². The lowest BCUT2D eigenvalue weighted by Gasteiger charge is -2.11. The van der Waals surface area contributed by atoms with Crippen molar-refractivity contribution in [1.29, 1.82) is 0 Å². The number of rotatable bonds is 5. The summed E-state index contributed by atoms with van der Waals surface area (Å²) in [6.45, 7) is 2.48. The minimum Gasteiger partial charge on any atom is -0.326 e. The third-order valence-corrected chi connectivity index (χ3v) is 2.54. The molecule has 14 heavy (non-hydrogen) atoms. The number of hydrogen-bond donors (Lipinski definition) is 2. The highest BCUT2D eigenvalue weighted by Gasteiger charge is 2.36. The van der Waals surface area contributed by atoms with Crippen LogP contribution in [0.4, 0.5) is 4.79 Å². The molecule has 1 unspecified atom stereocenters. The lowest BCUT2D eigenvalue weighted by atomic mass is 10.2. The van der Waals surface area contributed by atoms with Crippen molar-refractivity contribution in [1.82, 2.24) is 10.2 Å². The molecule has 1 aliphatic heterocycles. The van der Waals surface area contributed by atoms with Gasteiger partial charge in [-0.1, -0.05) is 13.3 Å². The van der Waals surface area contributed by atoms with Crippen molar-refractivity contribution < 1.29 is 9.59 Å². The Bertz CT molecular complexity index is 233. The molecule has 0 bridgehead atoms. The SMILES string of the molecule is CCCC1NC(=O)N(CCCS)C1=O. The summed E-state index contributed by atoms with van der Waals surface area (Å²) < 4.78 is 0. The molecule has 0 spiro atoms. The Morgan fingerprint density at radius 3 is 2.79 bits per heavy atom. The van der Waals surface area contributed by atoms with Crippen LogP contribution in [-0.4, -0.2) is 35.2 Å². The highest BCUT2D eigenvalue weighted by molar-refractivity contribution is 7.80. The molecule has 0 saturated carbocycles. The van der Waals surface area contributed by atoms with Crippen LogP contribution in [0, 0.1) is 0 Å². The molecule has 4 nitrogen and oxygen atoms in total. The predicted octanol–water partition coefficient (Wildman–Crippen LogP) is 1.03. The molecule has 1 fully saturated rings. The van der Waals surface area contributed by atoms with E-state index < -0.39 is 0 Å². The van der Waals surface area contributed by atoms with E-state index in [1.807, 2.05) is 6.92 Å². The van der Waals surface area contributed by atoms with Crippen LogP contribution in [0.25, 0.3) is 0 Å². The molecule has 80 valence electrons. The quantitative estimate of drug-likeness (QED) is 0.532. The molecular weight excluding hydrogens is 200 g/mol. The Morgan fingerprint density at radius 1 is 1.50 bits per heavy atom. The normalized spacial score (nSPS) is 21.6. The van der Waals surface area contributed by atoms with Crippen LogP contribution in [-0.2, 0) is 4.79 Å². The summed E-state index contributed by atoms with van der Waals surface area (Å²) in [6, 6.07) is -0.553. The second-order valence-corrected chi connectivity index (χ2v) is 3.81. The van der Waals surface area contributed by atoms with Crippen molar-refractivity contribution in [3.63, 3.8) is 0 Å². The van der Waals surface area contributed by atoms with Crippen molar-refractivity contribution >= 4 is 24.6 Å². The average Bonchev–Trinajstić information content (AvgIpc) is 2.41. The summed E-state index contributed by atoms with van der Waals surface area (Å²) in [5.41, 5.74) is 0. The van der Waals surface area contributed by atoms with Crippen LogP contribution in [0.1, 0.15) is 26.2 Å². The van der Waals surface area contributed by atoms with Gasteiger partial charge in [-0.15, -0.1) is 0 Å². The molecule has 0 radical (unpaired) electrons. The van der Waals surface area contributed by atoms with Gasteiger partial charge in [0.15, 0.2) is 0 Å². The zero-order chi connectivity index (χ0) is 10.6. The molecule has 1 heterocycles. The highest BCUT2D eigenvalue weighted by Crippen LogP contribution is 2.11. The van der Waals surface area contributed by atoms with Crippen LogP contribution in [0.3, 0.4) is 0 Å². The van der Waals surface area contributed by atoms with Crippen molar-refractivity contribution in [2.24, 2.45) is 0 Å². The maximum atomic E-state index is 11.6. The second-order valence-electron chi connectivity index (χ2n) is 3.36. The van der Waals surface area contributed by atoms with Gasteiger partial charge in [0.1, 0.15) is 6.04 Å². The molecule has 1 rings (SSSR count). The zero-order valence-corrected chi connectivity index (χ0v) is 9.22. The molecule has 1 N–H and O–H groups in total.